The molecule has 0 fully saturated rings. The minimum Gasteiger partial charge on any atom is -0.484 e. The summed E-state index contributed by atoms with van der Waals surface area (Å²) in [6.45, 7) is 3.59. The minimum atomic E-state index is -8.04. The van der Waals surface area contributed by atoms with Gasteiger partial charge in [-0.15, -0.1) is 0 Å². The molecule has 0 amide bonds. The summed E-state index contributed by atoms with van der Waals surface area (Å²) in [5, 5.41) is 0. The third kappa shape index (κ3) is 7.87. The number of esters is 2. The van der Waals surface area contributed by atoms with Crippen molar-refractivity contribution in [2.24, 2.45) is 0 Å². The van der Waals surface area contributed by atoms with Gasteiger partial charge in [0.15, 0.2) is 6.10 Å². The SMILES string of the molecule is CCCCCC[C@H](C)OC(=O)C1(OC(=O)c2ccc(OC(C)C(F)(F)C(F)(F)C(F)(F)C(F)(F)C(F)(F)C(F)(F)F)cc2)C=CC=CC1. The van der Waals surface area contributed by atoms with E-state index in [1.807, 2.05) is 6.92 Å². The van der Waals surface area contributed by atoms with Crippen LogP contribution in [0.4, 0.5) is 57.1 Å². The van der Waals surface area contributed by atoms with Gasteiger partial charge in [-0.2, -0.15) is 57.1 Å². The van der Waals surface area contributed by atoms with Gasteiger partial charge in [-0.25, -0.2) is 9.59 Å². The van der Waals surface area contributed by atoms with Crippen LogP contribution in [0.3, 0.4) is 0 Å². The highest BCUT2D eigenvalue weighted by Crippen LogP contribution is 2.60. The number of halogens is 13. The topological polar surface area (TPSA) is 61.8 Å². The molecule has 5 nitrogen and oxygen atoms in total. The summed E-state index contributed by atoms with van der Waals surface area (Å²) in [5.41, 5.74) is -2.31. The molecule has 18 heteroatoms. The van der Waals surface area contributed by atoms with Crippen molar-refractivity contribution in [2.75, 3.05) is 0 Å². The van der Waals surface area contributed by atoms with Crippen molar-refractivity contribution in [3.05, 3.63) is 54.1 Å². The van der Waals surface area contributed by atoms with E-state index in [1.165, 1.54) is 18.2 Å². The zero-order valence-electron chi connectivity index (χ0n) is 25.5. The van der Waals surface area contributed by atoms with Gasteiger partial charge in [0, 0.05) is 6.42 Å². The Hall–Kier alpha value is -3.47. The summed E-state index contributed by atoms with van der Waals surface area (Å²) in [4.78, 5) is 25.9. The molecule has 0 aliphatic heterocycles. The molecule has 272 valence electrons. The van der Waals surface area contributed by atoms with Crippen molar-refractivity contribution >= 4 is 11.9 Å². The molecule has 0 heterocycles. The quantitative estimate of drug-likeness (QED) is 0.0969. The van der Waals surface area contributed by atoms with E-state index in [0.717, 1.165) is 37.8 Å². The van der Waals surface area contributed by atoms with Gasteiger partial charge in [0.25, 0.3) is 0 Å². The molecule has 1 aromatic carbocycles. The third-order valence-electron chi connectivity index (χ3n) is 7.30. The Morgan fingerprint density at radius 1 is 0.771 bits per heavy atom. The molecule has 2 rings (SSSR count). The second kappa shape index (κ2) is 14.6. The van der Waals surface area contributed by atoms with Crippen LogP contribution in [0.2, 0.25) is 0 Å². The second-order valence-electron chi connectivity index (χ2n) is 11.0. The Balaban J connectivity index is 2.21. The zero-order chi connectivity index (χ0) is 37.0. The van der Waals surface area contributed by atoms with Crippen LogP contribution in [-0.2, 0) is 14.3 Å². The summed E-state index contributed by atoms with van der Waals surface area (Å²) in [7, 11) is 0. The molecule has 1 aliphatic carbocycles. The Morgan fingerprint density at radius 2 is 1.33 bits per heavy atom. The maximum atomic E-state index is 14.4. The van der Waals surface area contributed by atoms with Crippen molar-refractivity contribution in [2.45, 2.75) is 113 Å². The number of alkyl halides is 13. The molecule has 0 saturated heterocycles. The molecule has 3 atom stereocenters. The van der Waals surface area contributed by atoms with Crippen LogP contribution in [0.15, 0.2) is 48.6 Å². The van der Waals surface area contributed by atoms with Crippen LogP contribution in [-0.4, -0.2) is 65.5 Å². The number of carbonyl (C=O) groups excluding carboxylic acids is 2. The Morgan fingerprint density at radius 3 is 1.83 bits per heavy atom. The summed E-state index contributed by atoms with van der Waals surface area (Å²) in [6.07, 6.45) is -1.88. The maximum Gasteiger partial charge on any atom is 0.460 e. The van der Waals surface area contributed by atoms with E-state index in [1.54, 1.807) is 13.0 Å². The van der Waals surface area contributed by atoms with E-state index in [2.05, 4.69) is 4.74 Å². The lowest BCUT2D eigenvalue weighted by molar-refractivity contribution is -0.443. The molecule has 1 aliphatic rings. The number of hydrogen-bond donors (Lipinski definition) is 0. The van der Waals surface area contributed by atoms with E-state index >= 15 is 0 Å². The lowest BCUT2D eigenvalue weighted by Gasteiger charge is -2.41. The smallest absolute Gasteiger partial charge is 0.460 e. The standard InChI is InChI=1S/C30H31F13O5/c1-4-5-6-8-11-18(2)46-23(45)24(16-9-7-10-17-24)48-22(44)20-12-14-21(15-13-20)47-19(3)25(31,32)26(33,34)27(35,36)28(37,38)29(39,40)30(41,42)43/h7,9-10,12-16,18-19H,4-6,8,11,17H2,1-3H3/t18-,19?,24?/m0/s1. The number of benzene rings is 1. The maximum absolute atomic E-state index is 14.4. The largest absolute Gasteiger partial charge is 0.484 e. The van der Waals surface area contributed by atoms with Gasteiger partial charge >= 0.3 is 47.7 Å². The number of hydrogen-bond acceptors (Lipinski definition) is 5. The van der Waals surface area contributed by atoms with Crippen LogP contribution < -0.4 is 4.74 Å². The monoisotopic (exact) mass is 718 g/mol. The minimum absolute atomic E-state index is 0.0741. The molecular formula is C30H31F13O5. The van der Waals surface area contributed by atoms with Gasteiger partial charge in [0.05, 0.1) is 11.7 Å². The molecule has 48 heavy (non-hydrogen) atoms. The van der Waals surface area contributed by atoms with Crippen molar-refractivity contribution in [3.63, 3.8) is 0 Å². The Kier molecular flexibility index (Phi) is 12.3. The summed E-state index contributed by atoms with van der Waals surface area (Å²) in [6, 6.07) is 2.83. The highest BCUT2D eigenvalue weighted by atomic mass is 19.4. The Labute approximate surface area is 266 Å². The van der Waals surface area contributed by atoms with Crippen molar-refractivity contribution in [3.8, 4) is 5.75 Å². The van der Waals surface area contributed by atoms with Gasteiger partial charge in [-0.1, -0.05) is 44.4 Å². The van der Waals surface area contributed by atoms with Gasteiger partial charge in [-0.05, 0) is 57.0 Å². The first-order chi connectivity index (χ1) is 21.8. The summed E-state index contributed by atoms with van der Waals surface area (Å²) in [5.74, 6) is -40.8. The van der Waals surface area contributed by atoms with E-state index in [4.69, 9.17) is 9.47 Å². The normalized spacial score (nSPS) is 19.1. The molecule has 0 bridgehead atoms. The second-order valence-corrected chi connectivity index (χ2v) is 11.0. The van der Waals surface area contributed by atoms with E-state index in [0.29, 0.717) is 18.6 Å². The molecule has 0 N–H and O–H groups in total. The number of unbranched alkanes of at least 4 members (excludes halogenated alkanes) is 3. The van der Waals surface area contributed by atoms with Crippen LogP contribution in [0.1, 0.15) is 69.7 Å². The van der Waals surface area contributed by atoms with Crippen LogP contribution in [0.25, 0.3) is 0 Å². The summed E-state index contributed by atoms with van der Waals surface area (Å²) >= 11 is 0. The van der Waals surface area contributed by atoms with Crippen molar-refractivity contribution in [1.29, 1.82) is 0 Å². The predicted octanol–water partition coefficient (Wildman–Crippen LogP) is 9.51. The summed E-state index contributed by atoms with van der Waals surface area (Å²) < 4.78 is 190. The average Bonchev–Trinajstić information content (AvgIpc) is 2.99. The first-order valence-electron chi connectivity index (χ1n) is 14.3. The predicted molar refractivity (Wildman–Crippen MR) is 143 cm³/mol. The fourth-order valence-electron chi connectivity index (χ4n) is 4.28. The molecule has 0 aromatic heterocycles. The molecule has 0 radical (unpaired) electrons. The fourth-order valence-corrected chi connectivity index (χ4v) is 4.28. The van der Waals surface area contributed by atoms with Gasteiger partial charge in [-0.3, -0.25) is 0 Å². The first kappa shape index (κ1) is 40.7. The van der Waals surface area contributed by atoms with Gasteiger partial charge < -0.3 is 14.2 Å². The molecule has 0 spiro atoms. The van der Waals surface area contributed by atoms with Crippen molar-refractivity contribution in [1.82, 2.24) is 0 Å². The molecule has 2 unspecified atom stereocenters. The highest BCUT2D eigenvalue weighted by molar-refractivity contribution is 5.94. The number of ether oxygens (including phenoxy) is 3. The van der Waals surface area contributed by atoms with E-state index < -0.39 is 76.8 Å². The molecular weight excluding hydrogens is 687 g/mol. The first-order valence-corrected chi connectivity index (χ1v) is 14.3. The fraction of sp³-hybridized carbons (Fsp3) is 0.600. The van der Waals surface area contributed by atoms with Crippen LogP contribution >= 0.6 is 0 Å². The van der Waals surface area contributed by atoms with E-state index in [-0.39, 0.29) is 13.3 Å². The van der Waals surface area contributed by atoms with Crippen molar-refractivity contribution < 1.29 is 80.9 Å². The van der Waals surface area contributed by atoms with Gasteiger partial charge in [0.2, 0.25) is 5.60 Å². The number of carbonyl (C=O) groups is 2. The average molecular weight is 719 g/mol. The zero-order valence-corrected chi connectivity index (χ0v) is 25.5. The lowest BCUT2D eigenvalue weighted by Crippen LogP contribution is -2.71. The van der Waals surface area contributed by atoms with Crippen LogP contribution in [0.5, 0.6) is 5.75 Å². The lowest BCUT2D eigenvalue weighted by atomic mass is 9.92. The molecule has 0 saturated carbocycles. The molecule has 1 aromatic rings. The Bertz CT molecular complexity index is 1320. The number of allylic oxidation sites excluding steroid dienone is 2. The highest BCUT2D eigenvalue weighted by Gasteiger charge is 2.91. The number of rotatable bonds is 16. The van der Waals surface area contributed by atoms with Crippen LogP contribution in [0, 0.1) is 0 Å². The van der Waals surface area contributed by atoms with E-state index in [9.17, 15) is 66.7 Å². The van der Waals surface area contributed by atoms with Gasteiger partial charge in [0.1, 0.15) is 5.75 Å². The third-order valence-corrected chi connectivity index (χ3v) is 7.30.